The number of thiol groups is 1. The summed E-state index contributed by atoms with van der Waals surface area (Å²) in [5.74, 6) is -3.35. The van der Waals surface area contributed by atoms with E-state index in [1.807, 2.05) is 6.07 Å². The largest absolute Gasteiger partial charge is 0.480 e. The average molecular weight is 543 g/mol. The van der Waals surface area contributed by atoms with E-state index < -0.39 is 47.9 Å². The van der Waals surface area contributed by atoms with E-state index in [2.05, 4.69) is 48.5 Å². The van der Waals surface area contributed by atoms with Gasteiger partial charge in [-0.1, -0.05) is 30.3 Å². The van der Waals surface area contributed by atoms with Crippen LogP contribution in [0.25, 0.3) is 0 Å². The number of benzene rings is 1. The summed E-state index contributed by atoms with van der Waals surface area (Å²) in [6.45, 7) is 0. The molecule has 13 nitrogen and oxygen atoms in total. The highest BCUT2D eigenvalue weighted by Crippen LogP contribution is 2.07. The molecule has 0 bridgehead atoms. The van der Waals surface area contributed by atoms with Gasteiger partial charge in [0.2, 0.25) is 17.7 Å². The van der Waals surface area contributed by atoms with Gasteiger partial charge in [-0.25, -0.2) is 14.8 Å². The number of imidazole rings is 2. The zero-order chi connectivity index (χ0) is 27.5. The number of nitrogens with zero attached hydrogens (tertiary/aromatic N) is 2. The summed E-state index contributed by atoms with van der Waals surface area (Å²) in [6, 6.07) is 4.56. The molecule has 0 aliphatic carbocycles. The van der Waals surface area contributed by atoms with E-state index in [0.717, 1.165) is 5.56 Å². The van der Waals surface area contributed by atoms with Crippen LogP contribution < -0.4 is 21.7 Å². The molecule has 3 amide bonds. The lowest BCUT2D eigenvalue weighted by Gasteiger charge is -2.25. The van der Waals surface area contributed by atoms with Gasteiger partial charge in [-0.05, 0) is 5.56 Å². The first-order valence-electron chi connectivity index (χ1n) is 11.8. The quantitative estimate of drug-likeness (QED) is 0.118. The Morgan fingerprint density at radius 2 is 1.34 bits per heavy atom. The Hall–Kier alpha value is -4.17. The first-order valence-corrected chi connectivity index (χ1v) is 12.4. The van der Waals surface area contributed by atoms with Gasteiger partial charge >= 0.3 is 5.97 Å². The fourth-order valence-electron chi connectivity index (χ4n) is 3.62. The lowest BCUT2D eigenvalue weighted by molar-refractivity contribution is -0.141. The number of aromatic nitrogens is 4. The van der Waals surface area contributed by atoms with E-state index in [-0.39, 0.29) is 25.0 Å². The van der Waals surface area contributed by atoms with Gasteiger partial charge < -0.3 is 36.8 Å². The van der Waals surface area contributed by atoms with Crippen LogP contribution in [0.15, 0.2) is 55.4 Å². The van der Waals surface area contributed by atoms with E-state index in [1.54, 1.807) is 30.5 Å². The van der Waals surface area contributed by atoms with Gasteiger partial charge in [0.05, 0.1) is 18.7 Å². The molecule has 202 valence electrons. The van der Waals surface area contributed by atoms with Crippen molar-refractivity contribution in [2.75, 3.05) is 5.75 Å². The van der Waals surface area contributed by atoms with Crippen molar-refractivity contribution in [3.8, 4) is 0 Å². The Bertz CT molecular complexity index is 1190. The fraction of sp³-hybridized carbons (Fsp3) is 0.333. The SMILES string of the molecule is NC(Cc1cnc[nH]1)C(=O)NC(Cc1ccccc1)C(=O)NC(Cc1cnc[nH]1)C(=O)NC(CS)C(=O)O. The predicted molar refractivity (Wildman–Crippen MR) is 140 cm³/mol. The van der Waals surface area contributed by atoms with Crippen molar-refractivity contribution >= 4 is 36.3 Å². The van der Waals surface area contributed by atoms with Gasteiger partial charge in [-0.2, -0.15) is 12.6 Å². The van der Waals surface area contributed by atoms with Gasteiger partial charge in [-0.15, -0.1) is 0 Å². The Kier molecular flexibility index (Phi) is 10.4. The van der Waals surface area contributed by atoms with Gasteiger partial charge in [0.1, 0.15) is 18.1 Å². The lowest BCUT2D eigenvalue weighted by atomic mass is 10.0. The number of rotatable bonds is 14. The first kappa shape index (κ1) is 28.4. The summed E-state index contributed by atoms with van der Waals surface area (Å²) in [4.78, 5) is 64.3. The van der Waals surface area contributed by atoms with Crippen LogP contribution in [0, 0.1) is 0 Å². The van der Waals surface area contributed by atoms with Crippen molar-refractivity contribution in [2.45, 2.75) is 43.4 Å². The smallest absolute Gasteiger partial charge is 0.327 e. The van der Waals surface area contributed by atoms with E-state index in [9.17, 15) is 24.3 Å². The maximum absolute atomic E-state index is 13.4. The minimum absolute atomic E-state index is 0.00181. The van der Waals surface area contributed by atoms with Crippen molar-refractivity contribution in [1.82, 2.24) is 35.9 Å². The maximum atomic E-state index is 13.4. The summed E-state index contributed by atoms with van der Waals surface area (Å²) in [6.07, 6.45) is 6.23. The van der Waals surface area contributed by atoms with Crippen LogP contribution in [0.5, 0.6) is 0 Å². The van der Waals surface area contributed by atoms with Gasteiger partial charge in [0.25, 0.3) is 0 Å². The highest BCUT2D eigenvalue weighted by Gasteiger charge is 2.30. The van der Waals surface area contributed by atoms with Crippen molar-refractivity contribution in [2.24, 2.45) is 5.73 Å². The molecule has 8 N–H and O–H groups in total. The molecule has 2 heterocycles. The molecular formula is C24H30N8O5S. The molecule has 1 aromatic carbocycles. The number of H-pyrrole nitrogens is 2. The molecule has 3 aromatic rings. The lowest BCUT2D eigenvalue weighted by Crippen LogP contribution is -2.58. The molecular weight excluding hydrogens is 512 g/mol. The van der Waals surface area contributed by atoms with E-state index in [0.29, 0.717) is 11.4 Å². The Labute approximate surface area is 223 Å². The van der Waals surface area contributed by atoms with Crippen molar-refractivity contribution in [3.05, 3.63) is 72.3 Å². The maximum Gasteiger partial charge on any atom is 0.327 e. The molecule has 3 rings (SSSR count). The number of carbonyl (C=O) groups excluding carboxylic acids is 3. The summed E-state index contributed by atoms with van der Waals surface area (Å²) >= 11 is 3.97. The van der Waals surface area contributed by atoms with E-state index in [1.165, 1.54) is 18.9 Å². The van der Waals surface area contributed by atoms with Crippen LogP contribution in [0.4, 0.5) is 0 Å². The van der Waals surface area contributed by atoms with Crippen molar-refractivity contribution < 1.29 is 24.3 Å². The standard InChI is InChI=1S/C24H30N8O5S/c25-17(7-15-9-26-12-28-15)21(33)30-18(6-14-4-2-1-3-5-14)22(34)31-19(8-16-10-27-13-29-16)23(35)32-20(11-38)24(36)37/h1-5,9-10,12-13,17-20,38H,6-8,11,25H2,(H,26,28)(H,27,29)(H,30,33)(H,31,34)(H,32,35)(H,36,37). The van der Waals surface area contributed by atoms with Crippen LogP contribution in [0.1, 0.15) is 17.0 Å². The Morgan fingerprint density at radius 1 is 0.816 bits per heavy atom. The highest BCUT2D eigenvalue weighted by atomic mass is 32.1. The minimum Gasteiger partial charge on any atom is -0.480 e. The molecule has 38 heavy (non-hydrogen) atoms. The minimum atomic E-state index is -1.26. The second kappa shape index (κ2) is 13.9. The molecule has 0 radical (unpaired) electrons. The molecule has 4 unspecified atom stereocenters. The molecule has 14 heteroatoms. The van der Waals surface area contributed by atoms with Gasteiger partial charge in [0, 0.05) is 48.8 Å². The van der Waals surface area contributed by atoms with Crippen LogP contribution in [0.2, 0.25) is 0 Å². The molecule has 0 saturated carbocycles. The number of carboxylic acid groups (broad SMARTS) is 1. The fourth-order valence-corrected chi connectivity index (χ4v) is 3.87. The molecule has 0 fully saturated rings. The van der Waals surface area contributed by atoms with E-state index in [4.69, 9.17) is 5.73 Å². The third kappa shape index (κ3) is 8.45. The normalized spacial score (nSPS) is 14.1. The van der Waals surface area contributed by atoms with Crippen LogP contribution in [-0.2, 0) is 38.4 Å². The molecule has 4 atom stereocenters. The number of hydrogen-bond donors (Lipinski definition) is 8. The van der Waals surface area contributed by atoms with Crippen molar-refractivity contribution in [1.29, 1.82) is 0 Å². The summed E-state index contributed by atoms with van der Waals surface area (Å²) in [7, 11) is 0. The second-order valence-corrected chi connectivity index (χ2v) is 8.93. The Balaban J connectivity index is 1.78. The second-order valence-electron chi connectivity index (χ2n) is 8.56. The number of hydrogen-bond acceptors (Lipinski definition) is 8. The van der Waals surface area contributed by atoms with E-state index >= 15 is 0 Å². The topological polar surface area (TPSA) is 208 Å². The van der Waals surface area contributed by atoms with Crippen LogP contribution in [0.3, 0.4) is 0 Å². The number of amides is 3. The van der Waals surface area contributed by atoms with Gasteiger partial charge in [0.15, 0.2) is 0 Å². The summed E-state index contributed by atoms with van der Waals surface area (Å²) < 4.78 is 0. The molecule has 0 aliphatic rings. The molecule has 0 saturated heterocycles. The number of nitrogens with two attached hydrogens (primary N) is 1. The Morgan fingerprint density at radius 3 is 1.87 bits per heavy atom. The third-order valence-corrected chi connectivity index (χ3v) is 6.02. The number of aliphatic carboxylic acids is 1. The monoisotopic (exact) mass is 542 g/mol. The number of aromatic amines is 2. The number of carbonyl (C=O) groups is 4. The first-order chi connectivity index (χ1) is 18.3. The molecule has 0 spiro atoms. The van der Waals surface area contributed by atoms with Crippen LogP contribution in [-0.4, -0.2) is 78.7 Å². The summed E-state index contributed by atoms with van der Waals surface area (Å²) in [5, 5.41) is 17.0. The molecule has 0 aliphatic heterocycles. The summed E-state index contributed by atoms with van der Waals surface area (Å²) in [5.41, 5.74) is 8.02. The average Bonchev–Trinajstić information content (AvgIpc) is 3.61. The zero-order valence-electron chi connectivity index (χ0n) is 20.3. The zero-order valence-corrected chi connectivity index (χ0v) is 21.2. The van der Waals surface area contributed by atoms with Gasteiger partial charge in [-0.3, -0.25) is 14.4 Å². The third-order valence-electron chi connectivity index (χ3n) is 5.66. The molecule has 2 aromatic heterocycles. The predicted octanol–water partition coefficient (Wildman–Crippen LogP) is -1.04. The number of nitrogens with one attached hydrogen (secondary N) is 5. The number of carboxylic acids is 1. The van der Waals surface area contributed by atoms with Crippen LogP contribution >= 0.6 is 12.6 Å². The van der Waals surface area contributed by atoms with Crippen molar-refractivity contribution in [3.63, 3.8) is 0 Å². The highest BCUT2D eigenvalue weighted by molar-refractivity contribution is 7.80.